The van der Waals surface area contributed by atoms with E-state index in [4.69, 9.17) is 4.74 Å². The van der Waals surface area contributed by atoms with E-state index in [0.29, 0.717) is 11.8 Å². The van der Waals surface area contributed by atoms with Gasteiger partial charge in [0, 0.05) is 25.0 Å². The number of ether oxygens (including phenoxy) is 1. The van der Waals surface area contributed by atoms with Gasteiger partial charge in [0.05, 0.1) is 20.7 Å². The third-order valence-electron chi connectivity index (χ3n) is 4.96. The molecule has 2 nitrogen and oxygen atoms in total. The molecule has 0 aliphatic heterocycles. The fourth-order valence-corrected chi connectivity index (χ4v) is 3.91. The average Bonchev–Trinajstić information content (AvgIpc) is 2.46. The number of hydrogen-bond donors (Lipinski definition) is 0. The van der Waals surface area contributed by atoms with Gasteiger partial charge in [-0.15, -0.1) is 0 Å². The first-order valence-electron chi connectivity index (χ1n) is 9.21. The smallest absolute Gasteiger partial charge is 0.125 e. The van der Waals surface area contributed by atoms with Gasteiger partial charge in [-0.1, -0.05) is 58.0 Å². The highest BCUT2D eigenvalue weighted by Crippen LogP contribution is 2.43. The predicted octanol–water partition coefficient (Wildman–Crippen LogP) is 5.09. The van der Waals surface area contributed by atoms with Crippen LogP contribution in [0.15, 0.2) is 30.3 Å². The summed E-state index contributed by atoms with van der Waals surface area (Å²) in [5.41, 5.74) is 1.62. The molecule has 132 valence electrons. The topological polar surface area (TPSA) is 9.23 Å². The summed E-state index contributed by atoms with van der Waals surface area (Å²) >= 11 is 0. The van der Waals surface area contributed by atoms with Crippen LogP contribution in [0.25, 0.3) is 0 Å². The summed E-state index contributed by atoms with van der Waals surface area (Å²) in [6, 6.07) is 11.1. The summed E-state index contributed by atoms with van der Waals surface area (Å²) in [4.78, 5) is 0. The van der Waals surface area contributed by atoms with Gasteiger partial charge in [0.15, 0.2) is 0 Å². The Morgan fingerprint density at radius 1 is 0.957 bits per heavy atom. The van der Waals surface area contributed by atoms with Crippen LogP contribution in [0.5, 0.6) is 0 Å². The maximum Gasteiger partial charge on any atom is 0.125 e. The molecule has 0 fully saturated rings. The number of likely N-dealkylation sites (N-methyl/N-ethyl adjacent to an activating group) is 1. The van der Waals surface area contributed by atoms with E-state index in [0.717, 1.165) is 24.2 Å². The largest absolute Gasteiger partial charge is 0.376 e. The number of nitrogens with zero attached hydrogens (tertiary/aromatic N) is 1. The second-order valence-corrected chi connectivity index (χ2v) is 8.20. The van der Waals surface area contributed by atoms with E-state index >= 15 is 0 Å². The van der Waals surface area contributed by atoms with Gasteiger partial charge in [-0.3, -0.25) is 0 Å². The first-order valence-corrected chi connectivity index (χ1v) is 9.21. The molecule has 0 amide bonds. The molecule has 2 heteroatoms. The molecule has 23 heavy (non-hydrogen) atoms. The highest BCUT2D eigenvalue weighted by atomic mass is 16.5. The van der Waals surface area contributed by atoms with Crippen molar-refractivity contribution >= 4 is 0 Å². The minimum absolute atomic E-state index is 0.140. The average molecular weight is 321 g/mol. The lowest BCUT2D eigenvalue weighted by atomic mass is 9.74. The van der Waals surface area contributed by atoms with Crippen LogP contribution in [0.1, 0.15) is 53.0 Å². The Bertz CT molecular complexity index is 426. The van der Waals surface area contributed by atoms with Crippen molar-refractivity contribution in [2.75, 3.05) is 33.9 Å². The minimum Gasteiger partial charge on any atom is -0.376 e. The number of hydrogen-bond acceptors (Lipinski definition) is 1. The van der Waals surface area contributed by atoms with Crippen molar-refractivity contribution in [2.24, 2.45) is 11.8 Å². The van der Waals surface area contributed by atoms with E-state index < -0.39 is 0 Å². The molecule has 0 bridgehead atoms. The van der Waals surface area contributed by atoms with Crippen LogP contribution in [-0.4, -0.2) is 38.3 Å². The van der Waals surface area contributed by atoms with Crippen LogP contribution in [0, 0.1) is 11.8 Å². The zero-order valence-corrected chi connectivity index (χ0v) is 16.4. The molecule has 0 atom stereocenters. The second kappa shape index (κ2) is 8.84. The first kappa shape index (κ1) is 20.2. The zero-order valence-electron chi connectivity index (χ0n) is 16.4. The Morgan fingerprint density at radius 2 is 1.48 bits per heavy atom. The molecular formula is C21H38NO+. The van der Waals surface area contributed by atoms with Gasteiger partial charge >= 0.3 is 0 Å². The van der Waals surface area contributed by atoms with E-state index in [9.17, 15) is 0 Å². The van der Waals surface area contributed by atoms with Crippen LogP contribution in [0.4, 0.5) is 0 Å². The van der Waals surface area contributed by atoms with E-state index in [1.165, 1.54) is 18.4 Å². The van der Waals surface area contributed by atoms with Crippen LogP contribution in [0.3, 0.4) is 0 Å². The fourth-order valence-electron chi connectivity index (χ4n) is 3.91. The molecular weight excluding hydrogens is 282 g/mol. The van der Waals surface area contributed by atoms with E-state index in [1.807, 2.05) is 0 Å². The van der Waals surface area contributed by atoms with Crippen LogP contribution >= 0.6 is 0 Å². The van der Waals surface area contributed by atoms with Gasteiger partial charge in [0.1, 0.15) is 12.1 Å². The number of quaternary nitrogens is 1. The predicted molar refractivity (Wildman–Crippen MR) is 100 cm³/mol. The Balaban J connectivity index is 3.30. The highest BCUT2D eigenvalue weighted by Gasteiger charge is 2.47. The first-order chi connectivity index (χ1) is 10.7. The normalized spacial score (nSPS) is 13.1. The summed E-state index contributed by atoms with van der Waals surface area (Å²) in [6.45, 7) is 14.1. The van der Waals surface area contributed by atoms with Crippen LogP contribution < -0.4 is 0 Å². The molecule has 0 radical (unpaired) electrons. The van der Waals surface area contributed by atoms with Gasteiger partial charge in [0.25, 0.3) is 0 Å². The van der Waals surface area contributed by atoms with Gasteiger partial charge < -0.3 is 9.22 Å². The van der Waals surface area contributed by atoms with Crippen molar-refractivity contribution in [3.05, 3.63) is 35.9 Å². The molecule has 0 N–H and O–H groups in total. The Kier molecular flexibility index (Phi) is 7.76. The summed E-state index contributed by atoms with van der Waals surface area (Å²) in [5.74, 6) is 1.33. The van der Waals surface area contributed by atoms with Gasteiger partial charge in [-0.2, -0.15) is 0 Å². The lowest BCUT2D eigenvalue weighted by Crippen LogP contribution is -2.59. The quantitative estimate of drug-likeness (QED) is 0.431. The van der Waals surface area contributed by atoms with Crippen LogP contribution in [0.2, 0.25) is 0 Å². The highest BCUT2D eigenvalue weighted by molar-refractivity contribution is 5.23. The number of benzene rings is 1. The summed E-state index contributed by atoms with van der Waals surface area (Å²) in [7, 11) is 4.77. The fraction of sp³-hybridized carbons (Fsp3) is 0.714. The molecule has 0 aliphatic carbocycles. The van der Waals surface area contributed by atoms with Crippen molar-refractivity contribution in [2.45, 2.75) is 53.0 Å². The van der Waals surface area contributed by atoms with Crippen molar-refractivity contribution in [3.63, 3.8) is 0 Å². The SMILES string of the molecule is CCOCC[N+](C)(C)C(CC(C)C)(CC(C)C)c1ccccc1. The standard InChI is InChI=1S/C21H38NO/c1-8-23-15-14-22(6,7)21(16-18(2)3,17-19(4)5)20-12-10-9-11-13-20/h9-13,18-19H,8,14-17H2,1-7H3/q+1. The molecule has 1 aromatic rings. The van der Waals surface area contributed by atoms with E-state index in [-0.39, 0.29) is 5.54 Å². The summed E-state index contributed by atoms with van der Waals surface area (Å²) in [6.07, 6.45) is 2.41. The van der Waals surface area contributed by atoms with Crippen molar-refractivity contribution in [3.8, 4) is 0 Å². The molecule has 0 heterocycles. The van der Waals surface area contributed by atoms with E-state index in [2.05, 4.69) is 79.0 Å². The van der Waals surface area contributed by atoms with Gasteiger partial charge in [0.2, 0.25) is 0 Å². The second-order valence-electron chi connectivity index (χ2n) is 8.20. The Morgan fingerprint density at radius 3 is 1.91 bits per heavy atom. The summed E-state index contributed by atoms with van der Waals surface area (Å²) in [5, 5.41) is 0. The van der Waals surface area contributed by atoms with Crippen molar-refractivity contribution in [1.29, 1.82) is 0 Å². The molecule has 1 rings (SSSR count). The molecule has 0 aliphatic rings. The maximum absolute atomic E-state index is 5.69. The summed E-state index contributed by atoms with van der Waals surface area (Å²) < 4.78 is 6.67. The Labute approximate surface area is 144 Å². The third kappa shape index (κ3) is 5.32. The number of rotatable bonds is 10. The van der Waals surface area contributed by atoms with E-state index in [1.54, 1.807) is 0 Å². The van der Waals surface area contributed by atoms with Crippen molar-refractivity contribution in [1.82, 2.24) is 0 Å². The maximum atomic E-state index is 5.69. The van der Waals surface area contributed by atoms with Gasteiger partial charge in [-0.05, 0) is 18.8 Å². The lowest BCUT2D eigenvalue weighted by Gasteiger charge is -2.51. The third-order valence-corrected chi connectivity index (χ3v) is 4.96. The van der Waals surface area contributed by atoms with Gasteiger partial charge in [-0.25, -0.2) is 0 Å². The lowest BCUT2D eigenvalue weighted by molar-refractivity contribution is -0.952. The molecule has 0 saturated heterocycles. The monoisotopic (exact) mass is 320 g/mol. The minimum atomic E-state index is 0.140. The molecule has 0 saturated carbocycles. The molecule has 1 aromatic carbocycles. The molecule has 0 aromatic heterocycles. The zero-order chi connectivity index (χ0) is 17.5. The molecule has 0 unspecified atom stereocenters. The Hall–Kier alpha value is -0.860. The van der Waals surface area contributed by atoms with Crippen LogP contribution in [-0.2, 0) is 10.3 Å². The van der Waals surface area contributed by atoms with Crippen molar-refractivity contribution < 1.29 is 9.22 Å². The molecule has 0 spiro atoms.